The topological polar surface area (TPSA) is 107 Å². The van der Waals surface area contributed by atoms with Crippen LogP contribution in [0.15, 0.2) is 54.6 Å². The summed E-state index contributed by atoms with van der Waals surface area (Å²) in [5.74, 6) is 0.361. The first kappa shape index (κ1) is 31.1. The summed E-state index contributed by atoms with van der Waals surface area (Å²) >= 11 is 0. The molecule has 1 N–H and O–H groups in total. The van der Waals surface area contributed by atoms with Crippen molar-refractivity contribution in [2.45, 2.75) is 75.8 Å². The molecule has 2 saturated heterocycles. The van der Waals surface area contributed by atoms with Gasteiger partial charge in [0, 0.05) is 70.3 Å². The summed E-state index contributed by atoms with van der Waals surface area (Å²) in [5, 5.41) is 21.2. The number of rotatable bonds is 11. The van der Waals surface area contributed by atoms with E-state index in [9.17, 15) is 24.8 Å². The van der Waals surface area contributed by atoms with Gasteiger partial charge in [-0.05, 0) is 55.1 Å². The standard InChI is InChI=1S/C34H46N4O5/c1-35(32(39)17-14-25-12-15-30(16-13-25)38(42)43)29-18-20-36(21-19-29)22-28-23-37(24-31(28)26-8-4-2-5-9-26)33(34(40)41)27-10-6-3-7-11-27/h2,4-5,8-9,12-13,15-16,27-29,31,33H,3,6-7,10-11,14,17-24H2,1H3,(H,40,41)/t28-,31+,33+/m1/s1. The molecule has 2 aliphatic heterocycles. The van der Waals surface area contributed by atoms with Crippen molar-refractivity contribution in [2.24, 2.45) is 11.8 Å². The van der Waals surface area contributed by atoms with Crippen molar-refractivity contribution in [1.82, 2.24) is 14.7 Å². The van der Waals surface area contributed by atoms with Gasteiger partial charge in [0.1, 0.15) is 6.04 Å². The molecule has 2 heterocycles. The van der Waals surface area contributed by atoms with E-state index in [4.69, 9.17) is 0 Å². The van der Waals surface area contributed by atoms with Crippen molar-refractivity contribution in [3.63, 3.8) is 0 Å². The molecule has 1 amide bonds. The van der Waals surface area contributed by atoms with Gasteiger partial charge in [-0.2, -0.15) is 0 Å². The van der Waals surface area contributed by atoms with Gasteiger partial charge in [-0.3, -0.25) is 24.6 Å². The Morgan fingerprint density at radius 3 is 2.28 bits per heavy atom. The zero-order valence-corrected chi connectivity index (χ0v) is 25.4. The van der Waals surface area contributed by atoms with Gasteiger partial charge in [0.2, 0.25) is 5.91 Å². The molecule has 0 bridgehead atoms. The van der Waals surface area contributed by atoms with E-state index in [1.54, 1.807) is 12.1 Å². The number of aryl methyl sites for hydroxylation is 1. The molecular weight excluding hydrogens is 544 g/mol. The van der Waals surface area contributed by atoms with E-state index in [-0.39, 0.29) is 23.6 Å². The molecule has 1 saturated carbocycles. The fourth-order valence-electron chi connectivity index (χ4n) is 7.74. The van der Waals surface area contributed by atoms with Crippen molar-refractivity contribution in [1.29, 1.82) is 0 Å². The van der Waals surface area contributed by atoms with Gasteiger partial charge in [0.25, 0.3) is 5.69 Å². The van der Waals surface area contributed by atoms with E-state index in [1.165, 1.54) is 24.1 Å². The van der Waals surface area contributed by atoms with E-state index >= 15 is 0 Å². The quantitative estimate of drug-likeness (QED) is 0.283. The number of carboxylic acid groups (broad SMARTS) is 1. The number of carbonyl (C=O) groups excluding carboxylic acids is 1. The Bertz CT molecular complexity index is 1230. The highest BCUT2D eigenvalue weighted by Gasteiger charge is 2.43. The number of nitro benzene ring substituents is 1. The number of nitro groups is 1. The number of hydrogen-bond acceptors (Lipinski definition) is 6. The van der Waals surface area contributed by atoms with Crippen LogP contribution >= 0.6 is 0 Å². The molecule has 1 aliphatic carbocycles. The lowest BCUT2D eigenvalue weighted by atomic mass is 9.83. The van der Waals surface area contributed by atoms with Gasteiger partial charge in [-0.25, -0.2) is 0 Å². The monoisotopic (exact) mass is 590 g/mol. The first-order valence-electron chi connectivity index (χ1n) is 16.0. The van der Waals surface area contributed by atoms with Crippen molar-refractivity contribution >= 4 is 17.6 Å². The Hall–Kier alpha value is -3.30. The van der Waals surface area contributed by atoms with Gasteiger partial charge in [-0.1, -0.05) is 61.7 Å². The van der Waals surface area contributed by atoms with Gasteiger partial charge in [-0.15, -0.1) is 0 Å². The first-order valence-corrected chi connectivity index (χ1v) is 16.0. The number of likely N-dealkylation sites (tertiary alicyclic amines) is 2. The summed E-state index contributed by atoms with van der Waals surface area (Å²) in [4.78, 5) is 42.7. The average molecular weight is 591 g/mol. The minimum Gasteiger partial charge on any atom is -0.480 e. The molecule has 9 heteroatoms. The molecule has 9 nitrogen and oxygen atoms in total. The third kappa shape index (κ3) is 7.81. The molecule has 0 spiro atoms. The first-order chi connectivity index (χ1) is 20.8. The SMILES string of the molecule is CN(C(=O)CCc1ccc([N+](=O)[O-])cc1)C1CCN(C[C@@H]2CN([C@H](C(=O)O)C3CCCCC3)C[C@H]2c2ccccc2)CC1. The summed E-state index contributed by atoms with van der Waals surface area (Å²) in [6.07, 6.45) is 8.32. The second-order valence-corrected chi connectivity index (χ2v) is 12.9. The second-order valence-electron chi connectivity index (χ2n) is 12.9. The van der Waals surface area contributed by atoms with Crippen LogP contribution in [0.3, 0.4) is 0 Å². The predicted octanol–water partition coefficient (Wildman–Crippen LogP) is 5.20. The number of nitrogens with zero attached hydrogens (tertiary/aromatic N) is 4. The van der Waals surface area contributed by atoms with E-state index in [0.717, 1.165) is 76.8 Å². The van der Waals surface area contributed by atoms with E-state index in [2.05, 4.69) is 34.1 Å². The zero-order valence-electron chi connectivity index (χ0n) is 25.4. The van der Waals surface area contributed by atoms with Crippen molar-refractivity contribution in [3.8, 4) is 0 Å². The fraction of sp³-hybridized carbons (Fsp3) is 0.588. The maximum atomic E-state index is 13.0. The summed E-state index contributed by atoms with van der Waals surface area (Å²) in [6.45, 7) is 4.40. The largest absolute Gasteiger partial charge is 0.480 e. The lowest BCUT2D eigenvalue weighted by Crippen LogP contribution is -2.48. The minimum absolute atomic E-state index is 0.0604. The van der Waals surface area contributed by atoms with Crippen LogP contribution in [0.5, 0.6) is 0 Å². The van der Waals surface area contributed by atoms with E-state index in [0.29, 0.717) is 24.7 Å². The molecule has 43 heavy (non-hydrogen) atoms. The number of non-ortho nitro benzene ring substituents is 1. The number of carbonyl (C=O) groups is 2. The number of piperidine rings is 1. The summed E-state index contributed by atoms with van der Waals surface area (Å²) in [6, 6.07) is 16.8. The van der Waals surface area contributed by atoms with Crippen LogP contribution in [0.1, 0.15) is 68.4 Å². The Morgan fingerprint density at radius 2 is 1.65 bits per heavy atom. The van der Waals surface area contributed by atoms with Gasteiger partial charge < -0.3 is 14.9 Å². The molecule has 0 radical (unpaired) electrons. The van der Waals surface area contributed by atoms with Crippen LogP contribution in [0, 0.1) is 22.0 Å². The lowest BCUT2D eigenvalue weighted by Gasteiger charge is -2.38. The Morgan fingerprint density at radius 1 is 0.977 bits per heavy atom. The van der Waals surface area contributed by atoms with E-state index < -0.39 is 16.9 Å². The van der Waals surface area contributed by atoms with Crippen LogP contribution < -0.4 is 0 Å². The number of amides is 1. The Balaban J connectivity index is 1.16. The molecule has 3 atom stereocenters. The third-order valence-corrected chi connectivity index (χ3v) is 10.2. The normalized spacial score (nSPS) is 23.2. The molecular formula is C34H46N4O5. The molecule has 2 aromatic carbocycles. The molecule has 232 valence electrons. The summed E-state index contributed by atoms with van der Waals surface area (Å²) in [7, 11) is 1.90. The Kier molecular flexibility index (Phi) is 10.5. The summed E-state index contributed by atoms with van der Waals surface area (Å²) < 4.78 is 0. The number of carboxylic acids is 1. The van der Waals surface area contributed by atoms with Crippen LogP contribution in [0.25, 0.3) is 0 Å². The van der Waals surface area contributed by atoms with Gasteiger partial charge in [0.15, 0.2) is 0 Å². The second kappa shape index (κ2) is 14.4. The predicted molar refractivity (Wildman–Crippen MR) is 166 cm³/mol. The molecule has 3 aliphatic rings. The highest BCUT2D eigenvalue weighted by Crippen LogP contribution is 2.38. The van der Waals surface area contributed by atoms with Crippen LogP contribution in [0.2, 0.25) is 0 Å². The zero-order chi connectivity index (χ0) is 30.3. The lowest BCUT2D eigenvalue weighted by molar-refractivity contribution is -0.384. The molecule has 5 rings (SSSR count). The van der Waals surface area contributed by atoms with Crippen LogP contribution in [0.4, 0.5) is 5.69 Å². The number of hydrogen-bond donors (Lipinski definition) is 1. The van der Waals surface area contributed by atoms with Crippen LogP contribution in [-0.2, 0) is 16.0 Å². The van der Waals surface area contributed by atoms with Gasteiger partial charge >= 0.3 is 5.97 Å². The molecule has 3 fully saturated rings. The maximum Gasteiger partial charge on any atom is 0.321 e. The smallest absolute Gasteiger partial charge is 0.321 e. The average Bonchev–Trinajstić information content (AvgIpc) is 3.43. The number of aliphatic carboxylic acids is 1. The van der Waals surface area contributed by atoms with Crippen molar-refractivity contribution in [3.05, 3.63) is 75.8 Å². The van der Waals surface area contributed by atoms with Crippen LogP contribution in [-0.4, -0.2) is 88.5 Å². The van der Waals surface area contributed by atoms with Crippen molar-refractivity contribution in [2.75, 3.05) is 39.8 Å². The summed E-state index contributed by atoms with van der Waals surface area (Å²) in [5.41, 5.74) is 2.29. The third-order valence-electron chi connectivity index (χ3n) is 10.2. The highest BCUT2D eigenvalue weighted by molar-refractivity contribution is 5.76. The van der Waals surface area contributed by atoms with E-state index in [1.807, 2.05) is 18.0 Å². The van der Waals surface area contributed by atoms with Crippen molar-refractivity contribution < 1.29 is 19.6 Å². The fourth-order valence-corrected chi connectivity index (χ4v) is 7.74. The molecule has 2 aromatic rings. The molecule has 0 aromatic heterocycles. The Labute approximate surface area is 255 Å². The maximum absolute atomic E-state index is 13.0. The number of benzene rings is 2. The molecule has 0 unspecified atom stereocenters. The highest BCUT2D eigenvalue weighted by atomic mass is 16.6. The van der Waals surface area contributed by atoms with Gasteiger partial charge in [0.05, 0.1) is 4.92 Å². The minimum atomic E-state index is -0.665.